The zero-order valence-corrected chi connectivity index (χ0v) is 11.1. The minimum atomic E-state index is -0.966. The van der Waals surface area contributed by atoms with Crippen molar-refractivity contribution < 1.29 is 9.08 Å². The molecule has 0 saturated heterocycles. The lowest BCUT2D eigenvalue weighted by Gasteiger charge is -2.09. The first-order valence-corrected chi connectivity index (χ1v) is 5.46. The van der Waals surface area contributed by atoms with Crippen LogP contribution in [0.4, 0.5) is 0 Å². The largest absolute Gasteiger partial charge is 0.359 e. The fourth-order valence-electron chi connectivity index (χ4n) is 0.823. The molecule has 0 aliphatic rings. The Bertz CT molecular complexity index is 401. The lowest BCUT2D eigenvalue weighted by molar-refractivity contribution is 0.0751. The average molecular weight is 329 g/mol. The van der Waals surface area contributed by atoms with E-state index in [1.807, 2.05) is 0 Å². The first kappa shape index (κ1) is 13.5. The Balaban J connectivity index is 3.60. The molecule has 0 unspecified atom stereocenters. The van der Waals surface area contributed by atoms with Crippen molar-refractivity contribution in [2.75, 3.05) is 0 Å². The summed E-state index contributed by atoms with van der Waals surface area (Å²) >= 11 is 33.4. The summed E-state index contributed by atoms with van der Waals surface area (Å²) in [7, 11) is 0. The summed E-state index contributed by atoms with van der Waals surface area (Å²) in [6.45, 7) is 0. The van der Waals surface area contributed by atoms with Crippen LogP contribution in [0.25, 0.3) is 0 Å². The summed E-state index contributed by atoms with van der Waals surface area (Å²) in [5.41, 5.74) is -0.229. The summed E-state index contributed by atoms with van der Waals surface area (Å²) in [6, 6.07) is 0. The summed E-state index contributed by atoms with van der Waals surface area (Å²) in [5.74, 6) is -0.966. The van der Waals surface area contributed by atoms with Crippen LogP contribution in [-0.4, -0.2) is 5.97 Å². The Kier molecular flexibility index (Phi) is 4.65. The fourth-order valence-corrected chi connectivity index (χ4v) is 2.19. The molecule has 0 amide bonds. The number of halogens is 6. The molecule has 0 N–H and O–H groups in total. The second-order valence-corrected chi connectivity index (χ2v) is 4.35. The van der Waals surface area contributed by atoms with Crippen molar-refractivity contribution in [1.29, 1.82) is 0 Å². The van der Waals surface area contributed by atoms with Crippen molar-refractivity contribution in [1.82, 2.24) is 0 Å². The van der Waals surface area contributed by atoms with Crippen molar-refractivity contribution in [3.05, 3.63) is 30.7 Å². The van der Waals surface area contributed by atoms with Gasteiger partial charge in [-0.3, -0.25) is 0 Å². The van der Waals surface area contributed by atoms with Crippen LogP contribution in [0.2, 0.25) is 25.1 Å². The first-order valence-electron chi connectivity index (χ1n) is 3.26. The van der Waals surface area contributed by atoms with E-state index in [2.05, 4.69) is 4.29 Å². The number of carbonyl (C=O) groups excluding carboxylic acids is 1. The first-order chi connectivity index (χ1) is 6.91. The molecule has 0 fully saturated rings. The van der Waals surface area contributed by atoms with E-state index in [4.69, 9.17) is 69.9 Å². The molecule has 0 heterocycles. The van der Waals surface area contributed by atoms with Gasteiger partial charge in [0, 0.05) is 0 Å². The van der Waals surface area contributed by atoms with Crippen molar-refractivity contribution in [3.8, 4) is 0 Å². The van der Waals surface area contributed by atoms with Crippen LogP contribution in [0.3, 0.4) is 0 Å². The summed E-state index contributed by atoms with van der Waals surface area (Å²) in [5, 5.41) is -0.558. The maximum Gasteiger partial charge on any atom is 0.359 e. The van der Waals surface area contributed by atoms with Crippen molar-refractivity contribution in [3.63, 3.8) is 0 Å². The number of carbonyl (C=O) groups is 1. The van der Waals surface area contributed by atoms with Gasteiger partial charge in [0.1, 0.15) is 17.4 Å². The van der Waals surface area contributed by atoms with Gasteiger partial charge in [-0.2, -0.15) is 0 Å². The Morgan fingerprint density at radius 3 is 1.47 bits per heavy atom. The van der Waals surface area contributed by atoms with E-state index in [1.54, 1.807) is 0 Å². The van der Waals surface area contributed by atoms with Gasteiger partial charge in [0.2, 0.25) is 0 Å². The van der Waals surface area contributed by atoms with E-state index in [9.17, 15) is 4.79 Å². The molecule has 0 aliphatic heterocycles. The van der Waals surface area contributed by atoms with Crippen LogP contribution in [0.15, 0.2) is 0 Å². The van der Waals surface area contributed by atoms with Crippen LogP contribution >= 0.6 is 69.9 Å². The topological polar surface area (TPSA) is 26.3 Å². The highest BCUT2D eigenvalue weighted by molar-refractivity contribution is 6.56. The van der Waals surface area contributed by atoms with Crippen molar-refractivity contribution in [2.24, 2.45) is 0 Å². The van der Waals surface area contributed by atoms with Gasteiger partial charge in [0.25, 0.3) is 0 Å². The molecule has 0 atom stereocenters. The van der Waals surface area contributed by atoms with E-state index in [-0.39, 0.29) is 30.7 Å². The quantitative estimate of drug-likeness (QED) is 0.519. The fraction of sp³-hybridized carbons (Fsp3) is 0. The predicted octanol–water partition coefficient (Wildman–Crippen LogP) is 5.26. The molecular weight excluding hydrogens is 329 g/mol. The van der Waals surface area contributed by atoms with E-state index in [0.29, 0.717) is 0 Å². The number of benzene rings is 1. The highest BCUT2D eigenvalue weighted by Crippen LogP contribution is 2.44. The van der Waals surface area contributed by atoms with Crippen molar-refractivity contribution >= 4 is 75.8 Å². The molecule has 82 valence electrons. The summed E-state index contributed by atoms with van der Waals surface area (Å²) in [6.07, 6.45) is 0. The number of rotatable bonds is 1. The van der Waals surface area contributed by atoms with Gasteiger partial charge in [-0.1, -0.05) is 58.0 Å². The normalized spacial score (nSPS) is 10.3. The van der Waals surface area contributed by atoms with Gasteiger partial charge in [-0.25, -0.2) is 4.79 Å². The van der Waals surface area contributed by atoms with Gasteiger partial charge in [0.15, 0.2) is 0 Å². The van der Waals surface area contributed by atoms with Crippen LogP contribution in [0.1, 0.15) is 10.4 Å². The second-order valence-electron chi connectivity index (χ2n) is 2.31. The SMILES string of the molecule is O=C(OCl)c1c(Cl)c(Cl)c(Cl)c(Cl)c1Cl. The van der Waals surface area contributed by atoms with Crippen LogP contribution in [0.5, 0.6) is 0 Å². The Labute approximate surface area is 115 Å². The predicted molar refractivity (Wildman–Crippen MR) is 62.8 cm³/mol. The molecule has 1 rings (SSSR count). The molecule has 0 bridgehead atoms. The monoisotopic (exact) mass is 326 g/mol. The standard InChI is InChI=1S/C7Cl6O2/c8-2-1(7(14)15-13)3(9)5(11)6(12)4(2)10. The van der Waals surface area contributed by atoms with E-state index in [0.717, 1.165) is 0 Å². The second kappa shape index (κ2) is 5.17. The van der Waals surface area contributed by atoms with Gasteiger partial charge in [0.05, 0.1) is 25.1 Å². The molecule has 0 saturated carbocycles. The summed E-state index contributed by atoms with van der Waals surface area (Å²) < 4.78 is 3.95. The smallest absolute Gasteiger partial charge is 0.343 e. The maximum atomic E-state index is 11.2. The molecule has 0 radical (unpaired) electrons. The molecule has 1 aromatic rings. The molecule has 0 aliphatic carbocycles. The third kappa shape index (κ3) is 2.41. The maximum absolute atomic E-state index is 11.2. The van der Waals surface area contributed by atoms with Gasteiger partial charge in [-0.15, -0.1) is 0 Å². The molecular formula is C7Cl6O2. The zero-order chi connectivity index (χ0) is 11.7. The van der Waals surface area contributed by atoms with Crippen LogP contribution in [-0.2, 0) is 4.29 Å². The minimum Gasteiger partial charge on any atom is -0.343 e. The lowest BCUT2D eigenvalue weighted by atomic mass is 10.2. The van der Waals surface area contributed by atoms with Crippen molar-refractivity contribution in [2.45, 2.75) is 0 Å². The Morgan fingerprint density at radius 2 is 1.13 bits per heavy atom. The molecule has 15 heavy (non-hydrogen) atoms. The number of hydrogen-bond donors (Lipinski definition) is 0. The minimum absolute atomic E-state index is 0.0422. The average Bonchev–Trinajstić information content (AvgIpc) is 2.23. The highest BCUT2D eigenvalue weighted by Gasteiger charge is 2.24. The molecule has 0 spiro atoms. The molecule has 8 heteroatoms. The Hall–Kier alpha value is 0.430. The van der Waals surface area contributed by atoms with E-state index >= 15 is 0 Å². The molecule has 2 nitrogen and oxygen atoms in total. The van der Waals surface area contributed by atoms with Gasteiger partial charge < -0.3 is 4.29 Å². The third-order valence-corrected chi connectivity index (χ3v) is 3.90. The summed E-state index contributed by atoms with van der Waals surface area (Å²) in [4.78, 5) is 11.2. The molecule has 1 aromatic carbocycles. The zero-order valence-electron chi connectivity index (χ0n) is 6.58. The van der Waals surface area contributed by atoms with E-state index in [1.165, 1.54) is 0 Å². The lowest BCUT2D eigenvalue weighted by Crippen LogP contribution is -2.02. The van der Waals surface area contributed by atoms with Gasteiger partial charge >= 0.3 is 5.97 Å². The molecule has 0 aromatic heterocycles. The number of hydrogen-bond acceptors (Lipinski definition) is 2. The highest BCUT2D eigenvalue weighted by atomic mass is 35.5. The van der Waals surface area contributed by atoms with E-state index < -0.39 is 5.97 Å². The van der Waals surface area contributed by atoms with Gasteiger partial charge in [-0.05, 0) is 0 Å². The van der Waals surface area contributed by atoms with Crippen LogP contribution < -0.4 is 0 Å². The Morgan fingerprint density at radius 1 is 0.800 bits per heavy atom. The van der Waals surface area contributed by atoms with Crippen LogP contribution in [0, 0.1) is 0 Å². The third-order valence-electron chi connectivity index (χ3n) is 1.48.